The molecule has 2 atom stereocenters. The third-order valence-corrected chi connectivity index (χ3v) is 4.40. The van der Waals surface area contributed by atoms with Crippen molar-refractivity contribution in [2.75, 3.05) is 18.4 Å². The van der Waals surface area contributed by atoms with E-state index in [-0.39, 0.29) is 18.2 Å². The number of halogens is 1. The number of carboxylic acids is 1. The number of aliphatic carboxylic acids is 1. The van der Waals surface area contributed by atoms with Crippen LogP contribution in [0.4, 0.5) is 14.9 Å². The van der Waals surface area contributed by atoms with Gasteiger partial charge in [-0.05, 0) is 24.1 Å². The molecule has 1 aromatic carbocycles. The monoisotopic (exact) mass is 346 g/mol. The summed E-state index contributed by atoms with van der Waals surface area (Å²) in [6.45, 7) is 0.447. The van der Waals surface area contributed by atoms with Crippen LogP contribution in [-0.4, -0.2) is 44.9 Å². The van der Waals surface area contributed by atoms with Crippen molar-refractivity contribution in [2.45, 2.75) is 12.3 Å². The highest BCUT2D eigenvalue weighted by Gasteiger charge is 2.35. The number of para-hydroxylation sites is 1. The number of nitrogens with one attached hydrogen (secondary N) is 1. The third-order valence-electron chi connectivity index (χ3n) is 4.40. The number of carbonyl (C=O) groups is 2. The average molecular weight is 346 g/mol. The minimum absolute atomic E-state index is 0.0721. The molecular weight excluding hydrogens is 327 g/mol. The van der Waals surface area contributed by atoms with Crippen LogP contribution in [0.15, 0.2) is 36.7 Å². The van der Waals surface area contributed by atoms with Gasteiger partial charge in [0.2, 0.25) is 0 Å². The Balaban J connectivity index is 1.78. The molecule has 0 aliphatic carbocycles. The van der Waals surface area contributed by atoms with E-state index in [1.807, 2.05) is 6.20 Å². The average Bonchev–Trinajstić information content (AvgIpc) is 3.03. The minimum atomic E-state index is -0.947. The van der Waals surface area contributed by atoms with Crippen molar-refractivity contribution in [1.82, 2.24) is 14.7 Å². The first-order valence-electron chi connectivity index (χ1n) is 7.96. The number of nitrogens with zero attached hydrogens (tertiary/aromatic N) is 3. The van der Waals surface area contributed by atoms with Crippen molar-refractivity contribution in [3.05, 3.63) is 48.0 Å². The number of likely N-dealkylation sites (tertiary alicyclic amines) is 1. The van der Waals surface area contributed by atoms with E-state index in [1.165, 1.54) is 23.1 Å². The molecule has 7 nitrogen and oxygen atoms in total. The summed E-state index contributed by atoms with van der Waals surface area (Å²) >= 11 is 0. The standard InChI is InChI=1S/C17H19FN4O3/c1-21-8-13(7-19-21)11-6-12(16(23)24)10-22(9-11)17(25)20-15-5-3-2-4-14(15)18/h2-5,7-8,11-12H,6,9-10H2,1H3,(H,20,25)(H,23,24). The zero-order valence-corrected chi connectivity index (χ0v) is 13.7. The van der Waals surface area contributed by atoms with Gasteiger partial charge in [-0.15, -0.1) is 0 Å². The first-order valence-corrected chi connectivity index (χ1v) is 7.96. The van der Waals surface area contributed by atoms with Crippen molar-refractivity contribution in [3.8, 4) is 0 Å². The van der Waals surface area contributed by atoms with Crippen LogP contribution >= 0.6 is 0 Å². The van der Waals surface area contributed by atoms with Gasteiger partial charge in [-0.1, -0.05) is 12.1 Å². The molecule has 0 spiro atoms. The normalized spacial score (nSPS) is 20.3. The molecule has 3 rings (SSSR count). The number of aryl methyl sites for hydroxylation is 1. The van der Waals surface area contributed by atoms with Crippen molar-refractivity contribution >= 4 is 17.7 Å². The fourth-order valence-electron chi connectivity index (χ4n) is 3.09. The quantitative estimate of drug-likeness (QED) is 0.892. The van der Waals surface area contributed by atoms with Gasteiger partial charge in [0, 0.05) is 32.3 Å². The summed E-state index contributed by atoms with van der Waals surface area (Å²) in [5.74, 6) is -2.29. The van der Waals surface area contributed by atoms with Gasteiger partial charge < -0.3 is 15.3 Å². The van der Waals surface area contributed by atoms with E-state index >= 15 is 0 Å². The molecule has 1 fully saturated rings. The molecule has 1 saturated heterocycles. The van der Waals surface area contributed by atoms with Gasteiger partial charge in [0.15, 0.2) is 0 Å². The van der Waals surface area contributed by atoms with Crippen LogP contribution in [0.3, 0.4) is 0 Å². The molecule has 2 aromatic rings. The van der Waals surface area contributed by atoms with Crippen LogP contribution < -0.4 is 5.32 Å². The van der Waals surface area contributed by atoms with Crippen LogP contribution in [-0.2, 0) is 11.8 Å². The number of carbonyl (C=O) groups excluding carboxylic acids is 1. The molecule has 1 aromatic heterocycles. The van der Waals surface area contributed by atoms with Crippen molar-refractivity contribution in [2.24, 2.45) is 13.0 Å². The number of aromatic nitrogens is 2. The lowest BCUT2D eigenvalue weighted by atomic mass is 9.86. The fourth-order valence-corrected chi connectivity index (χ4v) is 3.09. The molecule has 2 heterocycles. The van der Waals surface area contributed by atoms with Crippen LogP contribution in [0, 0.1) is 11.7 Å². The summed E-state index contributed by atoms with van der Waals surface area (Å²) in [6, 6.07) is 5.36. The molecular formula is C17H19FN4O3. The van der Waals surface area contributed by atoms with E-state index < -0.39 is 23.7 Å². The molecule has 2 N–H and O–H groups in total. The molecule has 132 valence electrons. The summed E-state index contributed by atoms with van der Waals surface area (Å²) in [5, 5.41) is 16.0. The summed E-state index contributed by atoms with van der Waals surface area (Å²) < 4.78 is 15.4. The van der Waals surface area contributed by atoms with Gasteiger partial charge in [0.1, 0.15) is 5.82 Å². The Hall–Kier alpha value is -2.90. The van der Waals surface area contributed by atoms with Gasteiger partial charge in [-0.3, -0.25) is 9.48 Å². The van der Waals surface area contributed by atoms with Gasteiger partial charge in [0.25, 0.3) is 0 Å². The Morgan fingerprint density at radius 3 is 2.72 bits per heavy atom. The van der Waals surface area contributed by atoms with Gasteiger partial charge in [0.05, 0.1) is 17.8 Å². The maximum absolute atomic E-state index is 13.7. The SMILES string of the molecule is Cn1cc(C2CC(C(=O)O)CN(C(=O)Nc3ccccc3F)C2)cn1. The number of benzene rings is 1. The Labute approximate surface area is 144 Å². The Bertz CT molecular complexity index is 792. The lowest BCUT2D eigenvalue weighted by Gasteiger charge is -2.35. The molecule has 2 unspecified atom stereocenters. The van der Waals surface area contributed by atoms with E-state index in [4.69, 9.17) is 0 Å². The number of urea groups is 1. The van der Waals surface area contributed by atoms with Crippen LogP contribution in [0.5, 0.6) is 0 Å². The predicted molar refractivity (Wildman–Crippen MR) is 88.7 cm³/mol. The second-order valence-corrected chi connectivity index (χ2v) is 6.23. The second-order valence-electron chi connectivity index (χ2n) is 6.23. The highest BCUT2D eigenvalue weighted by molar-refractivity contribution is 5.90. The summed E-state index contributed by atoms with van der Waals surface area (Å²) in [6.07, 6.45) is 3.94. The van der Waals surface area contributed by atoms with Crippen LogP contribution in [0.1, 0.15) is 17.9 Å². The fraction of sp³-hybridized carbons (Fsp3) is 0.353. The van der Waals surface area contributed by atoms with Gasteiger partial charge in [-0.2, -0.15) is 5.10 Å². The Morgan fingerprint density at radius 2 is 2.08 bits per heavy atom. The van der Waals surface area contributed by atoms with Crippen LogP contribution in [0.25, 0.3) is 0 Å². The molecule has 25 heavy (non-hydrogen) atoms. The number of piperidine rings is 1. The highest BCUT2D eigenvalue weighted by atomic mass is 19.1. The van der Waals surface area contributed by atoms with E-state index in [9.17, 15) is 19.1 Å². The second kappa shape index (κ2) is 6.92. The summed E-state index contributed by atoms with van der Waals surface area (Å²) in [4.78, 5) is 25.4. The molecule has 0 radical (unpaired) electrons. The van der Waals surface area contributed by atoms with Crippen molar-refractivity contribution in [1.29, 1.82) is 0 Å². The topological polar surface area (TPSA) is 87.5 Å². The zero-order valence-electron chi connectivity index (χ0n) is 13.7. The lowest BCUT2D eigenvalue weighted by molar-refractivity contribution is -0.143. The maximum Gasteiger partial charge on any atom is 0.321 e. The number of anilines is 1. The predicted octanol–water partition coefficient (Wildman–Crippen LogP) is 2.28. The van der Waals surface area contributed by atoms with Gasteiger partial charge >= 0.3 is 12.0 Å². The van der Waals surface area contributed by atoms with E-state index in [0.717, 1.165) is 5.56 Å². The van der Waals surface area contributed by atoms with E-state index in [2.05, 4.69) is 10.4 Å². The van der Waals surface area contributed by atoms with E-state index in [1.54, 1.807) is 24.0 Å². The molecule has 1 aliphatic heterocycles. The summed E-state index contributed by atoms with van der Waals surface area (Å²) in [7, 11) is 1.78. The largest absolute Gasteiger partial charge is 0.481 e. The third kappa shape index (κ3) is 3.78. The molecule has 8 heteroatoms. The zero-order chi connectivity index (χ0) is 18.0. The first-order chi connectivity index (χ1) is 11.9. The Morgan fingerprint density at radius 1 is 1.32 bits per heavy atom. The molecule has 0 bridgehead atoms. The highest BCUT2D eigenvalue weighted by Crippen LogP contribution is 2.30. The minimum Gasteiger partial charge on any atom is -0.481 e. The maximum atomic E-state index is 13.7. The Kier molecular flexibility index (Phi) is 4.69. The first kappa shape index (κ1) is 16.9. The number of amides is 2. The van der Waals surface area contributed by atoms with E-state index in [0.29, 0.717) is 13.0 Å². The van der Waals surface area contributed by atoms with Crippen molar-refractivity contribution in [3.63, 3.8) is 0 Å². The number of hydrogen-bond acceptors (Lipinski definition) is 3. The molecule has 0 saturated carbocycles. The molecule has 1 aliphatic rings. The van der Waals surface area contributed by atoms with Crippen LogP contribution in [0.2, 0.25) is 0 Å². The number of carboxylic acid groups (broad SMARTS) is 1. The summed E-state index contributed by atoms with van der Waals surface area (Å²) in [5.41, 5.74) is 0.958. The number of hydrogen-bond donors (Lipinski definition) is 2. The molecule has 2 amide bonds. The van der Waals surface area contributed by atoms with Gasteiger partial charge in [-0.25, -0.2) is 9.18 Å². The lowest BCUT2D eigenvalue weighted by Crippen LogP contribution is -2.47. The van der Waals surface area contributed by atoms with Crippen molar-refractivity contribution < 1.29 is 19.1 Å². The number of rotatable bonds is 3. The smallest absolute Gasteiger partial charge is 0.321 e.